The average molecular weight is 403 g/mol. The number of aromatic nitrogens is 2. The summed E-state index contributed by atoms with van der Waals surface area (Å²) < 4.78 is 11.5. The van der Waals surface area contributed by atoms with Crippen LogP contribution in [0.1, 0.15) is 20.3 Å². The van der Waals surface area contributed by atoms with Gasteiger partial charge in [-0.25, -0.2) is 9.48 Å². The molecule has 1 heterocycles. The van der Waals surface area contributed by atoms with Crippen molar-refractivity contribution in [3.63, 3.8) is 0 Å². The molecule has 2 rings (SSSR count). The van der Waals surface area contributed by atoms with Gasteiger partial charge in [0.15, 0.2) is 11.5 Å². The molecular weight excluding hydrogens is 378 g/mol. The fourth-order valence-corrected chi connectivity index (χ4v) is 2.75. The van der Waals surface area contributed by atoms with E-state index in [0.717, 1.165) is 4.68 Å². The van der Waals surface area contributed by atoms with E-state index in [0.29, 0.717) is 29.2 Å². The first-order chi connectivity index (χ1) is 13.8. The second-order valence-electron chi connectivity index (χ2n) is 6.55. The molecule has 0 radical (unpaired) electrons. The number of carboxylic acid groups (broad SMARTS) is 1. The largest absolute Gasteiger partial charge is 0.493 e. The molecule has 0 aliphatic heterocycles. The molecule has 1 amide bonds. The third kappa shape index (κ3) is 5.34. The van der Waals surface area contributed by atoms with Gasteiger partial charge in [0, 0.05) is 11.6 Å². The number of carboxylic acids is 1. The number of carbonyl (C=O) groups is 2. The quantitative estimate of drug-likeness (QED) is 0.652. The van der Waals surface area contributed by atoms with Crippen molar-refractivity contribution >= 4 is 11.9 Å². The van der Waals surface area contributed by atoms with E-state index in [2.05, 4.69) is 10.4 Å². The molecule has 0 unspecified atom stereocenters. The lowest BCUT2D eigenvalue weighted by Crippen LogP contribution is -2.47. The third-order valence-corrected chi connectivity index (χ3v) is 4.63. The summed E-state index contributed by atoms with van der Waals surface area (Å²) in [4.78, 5) is 35.8. The van der Waals surface area contributed by atoms with Gasteiger partial charge in [0.25, 0.3) is 5.56 Å². The Hall–Kier alpha value is -3.36. The first-order valence-corrected chi connectivity index (χ1v) is 9.13. The van der Waals surface area contributed by atoms with Gasteiger partial charge in [0.05, 0.1) is 19.9 Å². The topological polar surface area (TPSA) is 120 Å². The molecule has 0 aliphatic carbocycles. The van der Waals surface area contributed by atoms with E-state index >= 15 is 0 Å². The number of nitrogens with one attached hydrogen (secondary N) is 1. The molecule has 1 aromatic heterocycles. The zero-order valence-corrected chi connectivity index (χ0v) is 16.8. The maximum absolute atomic E-state index is 12.3. The first kappa shape index (κ1) is 21.9. The molecule has 156 valence electrons. The van der Waals surface area contributed by atoms with E-state index in [1.165, 1.54) is 26.4 Å². The van der Waals surface area contributed by atoms with Crippen LogP contribution in [0.25, 0.3) is 11.3 Å². The molecule has 2 atom stereocenters. The van der Waals surface area contributed by atoms with E-state index in [-0.39, 0.29) is 12.5 Å². The molecule has 2 N–H and O–H groups in total. The predicted octanol–water partition coefficient (Wildman–Crippen LogP) is 1.54. The first-order valence-electron chi connectivity index (χ1n) is 9.13. The Morgan fingerprint density at radius 2 is 1.86 bits per heavy atom. The number of nitrogens with zero attached hydrogens (tertiary/aromatic N) is 2. The van der Waals surface area contributed by atoms with Gasteiger partial charge in [0.2, 0.25) is 5.91 Å². The van der Waals surface area contributed by atoms with Gasteiger partial charge in [-0.1, -0.05) is 20.3 Å². The van der Waals surface area contributed by atoms with Gasteiger partial charge in [-0.3, -0.25) is 9.59 Å². The van der Waals surface area contributed by atoms with Gasteiger partial charge in [-0.15, -0.1) is 0 Å². The van der Waals surface area contributed by atoms with Crippen molar-refractivity contribution in [2.24, 2.45) is 5.92 Å². The van der Waals surface area contributed by atoms with Crippen LogP contribution in [0.4, 0.5) is 0 Å². The van der Waals surface area contributed by atoms with Crippen LogP contribution in [0.3, 0.4) is 0 Å². The normalized spacial score (nSPS) is 12.7. The van der Waals surface area contributed by atoms with Crippen molar-refractivity contribution in [2.45, 2.75) is 32.9 Å². The van der Waals surface area contributed by atoms with Crippen molar-refractivity contribution in [1.82, 2.24) is 15.1 Å². The van der Waals surface area contributed by atoms with Crippen LogP contribution >= 0.6 is 0 Å². The monoisotopic (exact) mass is 403 g/mol. The Kier molecular flexibility index (Phi) is 7.35. The number of amides is 1. The average Bonchev–Trinajstić information content (AvgIpc) is 2.72. The predicted molar refractivity (Wildman–Crippen MR) is 106 cm³/mol. The van der Waals surface area contributed by atoms with Crippen LogP contribution in [0.2, 0.25) is 0 Å². The Labute approximate surface area is 168 Å². The zero-order chi connectivity index (χ0) is 21.6. The number of benzene rings is 1. The van der Waals surface area contributed by atoms with Crippen molar-refractivity contribution in [3.8, 4) is 22.8 Å². The molecule has 0 aliphatic rings. The molecule has 9 heteroatoms. The van der Waals surface area contributed by atoms with Crippen LogP contribution in [0.15, 0.2) is 35.1 Å². The fourth-order valence-electron chi connectivity index (χ4n) is 2.75. The van der Waals surface area contributed by atoms with E-state index in [1.54, 1.807) is 25.1 Å². The van der Waals surface area contributed by atoms with Crippen molar-refractivity contribution in [3.05, 3.63) is 40.7 Å². The van der Waals surface area contributed by atoms with E-state index < -0.39 is 23.5 Å². The number of rotatable bonds is 9. The zero-order valence-electron chi connectivity index (χ0n) is 16.8. The Morgan fingerprint density at radius 1 is 1.17 bits per heavy atom. The minimum atomic E-state index is -1.12. The molecule has 0 saturated heterocycles. The smallest absolute Gasteiger partial charge is 0.326 e. The van der Waals surface area contributed by atoms with Crippen LogP contribution in [-0.2, 0) is 16.1 Å². The molecule has 2 aromatic rings. The van der Waals surface area contributed by atoms with E-state index in [1.807, 2.05) is 6.92 Å². The summed E-state index contributed by atoms with van der Waals surface area (Å²) in [5.41, 5.74) is 0.648. The fraction of sp³-hybridized carbons (Fsp3) is 0.400. The number of hydrogen-bond acceptors (Lipinski definition) is 6. The van der Waals surface area contributed by atoms with Crippen LogP contribution in [0, 0.1) is 5.92 Å². The highest BCUT2D eigenvalue weighted by molar-refractivity contribution is 5.83. The van der Waals surface area contributed by atoms with Gasteiger partial charge in [0.1, 0.15) is 12.6 Å². The number of methoxy groups -OCH3 is 2. The van der Waals surface area contributed by atoms with Gasteiger partial charge in [-0.2, -0.15) is 5.10 Å². The Balaban J connectivity index is 2.26. The minimum Gasteiger partial charge on any atom is -0.493 e. The van der Waals surface area contributed by atoms with Crippen LogP contribution in [-0.4, -0.2) is 47.0 Å². The molecule has 0 spiro atoms. The summed E-state index contributed by atoms with van der Waals surface area (Å²) in [6.45, 7) is 3.19. The standard InChI is InChI=1S/C20H25N3O6/c1-5-12(2)19(20(26)27)21-17(24)11-23-18(25)9-7-14(22-23)13-6-8-15(28-3)16(10-13)29-4/h6-10,12,19H,5,11H2,1-4H3,(H,21,24)(H,26,27)/t12-,19+/m1/s1. The van der Waals surface area contributed by atoms with Gasteiger partial charge >= 0.3 is 5.97 Å². The van der Waals surface area contributed by atoms with Crippen LogP contribution in [0.5, 0.6) is 11.5 Å². The number of carbonyl (C=O) groups excluding carboxylic acids is 1. The lowest BCUT2D eigenvalue weighted by Gasteiger charge is -2.20. The van der Waals surface area contributed by atoms with Gasteiger partial charge < -0.3 is 19.9 Å². The van der Waals surface area contributed by atoms with Crippen molar-refractivity contribution in [2.75, 3.05) is 14.2 Å². The lowest BCUT2D eigenvalue weighted by atomic mass is 9.99. The Bertz CT molecular complexity index is 940. The number of hydrogen-bond donors (Lipinski definition) is 2. The second kappa shape index (κ2) is 9.72. The molecule has 0 bridgehead atoms. The van der Waals surface area contributed by atoms with Crippen molar-refractivity contribution in [1.29, 1.82) is 0 Å². The SMILES string of the molecule is CC[C@@H](C)[C@H](NC(=O)Cn1nc(-c2ccc(OC)c(OC)c2)ccc1=O)C(=O)O. The maximum atomic E-state index is 12.3. The lowest BCUT2D eigenvalue weighted by molar-refractivity contribution is -0.143. The highest BCUT2D eigenvalue weighted by Crippen LogP contribution is 2.31. The number of ether oxygens (including phenoxy) is 2. The third-order valence-electron chi connectivity index (χ3n) is 4.63. The Morgan fingerprint density at radius 3 is 2.45 bits per heavy atom. The maximum Gasteiger partial charge on any atom is 0.326 e. The summed E-state index contributed by atoms with van der Waals surface area (Å²) in [6.07, 6.45) is 0.588. The van der Waals surface area contributed by atoms with E-state index in [9.17, 15) is 19.5 Å². The highest BCUT2D eigenvalue weighted by atomic mass is 16.5. The molecule has 9 nitrogen and oxygen atoms in total. The highest BCUT2D eigenvalue weighted by Gasteiger charge is 2.25. The molecule has 29 heavy (non-hydrogen) atoms. The summed E-state index contributed by atoms with van der Waals surface area (Å²) >= 11 is 0. The van der Waals surface area contributed by atoms with E-state index in [4.69, 9.17) is 9.47 Å². The molecular formula is C20H25N3O6. The molecule has 1 aromatic carbocycles. The second-order valence-corrected chi connectivity index (χ2v) is 6.55. The van der Waals surface area contributed by atoms with Gasteiger partial charge in [-0.05, 0) is 30.2 Å². The summed E-state index contributed by atoms with van der Waals surface area (Å²) in [5, 5.41) is 16.0. The summed E-state index contributed by atoms with van der Waals surface area (Å²) in [7, 11) is 3.04. The molecule has 0 saturated carbocycles. The summed E-state index contributed by atoms with van der Waals surface area (Å²) in [6, 6.07) is 6.98. The summed E-state index contributed by atoms with van der Waals surface area (Å²) in [5.74, 6) is -0.920. The van der Waals surface area contributed by atoms with Crippen LogP contribution < -0.4 is 20.3 Å². The minimum absolute atomic E-state index is 0.251. The molecule has 0 fully saturated rings. The van der Waals surface area contributed by atoms with Crippen molar-refractivity contribution < 1.29 is 24.2 Å². The number of aliphatic carboxylic acids is 1.